The minimum atomic E-state index is -0.230. The van der Waals surface area contributed by atoms with Crippen molar-refractivity contribution in [2.75, 3.05) is 51.3 Å². The van der Waals surface area contributed by atoms with Gasteiger partial charge in [-0.1, -0.05) is 18.2 Å². The largest absolute Gasteiger partial charge is 0.496 e. The lowest BCUT2D eigenvalue weighted by atomic mass is 10.1. The molecule has 0 bridgehead atoms. The van der Waals surface area contributed by atoms with Crippen LogP contribution in [0.5, 0.6) is 5.75 Å². The fraction of sp³-hybridized carbons (Fsp3) is 0.381. The second kappa shape index (κ2) is 9.37. The Balaban J connectivity index is 1.39. The van der Waals surface area contributed by atoms with E-state index >= 15 is 0 Å². The standard InChI is InChI=1S/C21H26FN3O2/c1-27-20-5-3-2-4-17(20)10-11-23-16-21(26)25-14-12-24(13-15-25)19-8-6-18(22)7-9-19/h2-9,23H,10-16H2,1H3. The van der Waals surface area contributed by atoms with E-state index in [2.05, 4.69) is 10.2 Å². The molecule has 0 radical (unpaired) electrons. The van der Waals surface area contributed by atoms with Crippen LogP contribution in [-0.4, -0.2) is 57.2 Å². The molecule has 5 nitrogen and oxygen atoms in total. The molecule has 27 heavy (non-hydrogen) atoms. The number of rotatable bonds is 7. The predicted octanol–water partition coefficient (Wildman–Crippen LogP) is 2.32. The molecule has 6 heteroatoms. The van der Waals surface area contributed by atoms with Gasteiger partial charge in [-0.05, 0) is 48.9 Å². The Bertz CT molecular complexity index is 743. The Labute approximate surface area is 159 Å². The summed E-state index contributed by atoms with van der Waals surface area (Å²) in [4.78, 5) is 16.5. The molecule has 0 spiro atoms. The summed E-state index contributed by atoms with van der Waals surface area (Å²) in [5.41, 5.74) is 2.13. The van der Waals surface area contributed by atoms with Gasteiger partial charge in [0.15, 0.2) is 0 Å². The number of nitrogens with zero attached hydrogens (tertiary/aromatic N) is 2. The van der Waals surface area contributed by atoms with Crippen molar-refractivity contribution in [2.45, 2.75) is 6.42 Å². The summed E-state index contributed by atoms with van der Waals surface area (Å²) >= 11 is 0. The summed E-state index contributed by atoms with van der Waals surface area (Å²) < 4.78 is 18.4. The van der Waals surface area contributed by atoms with E-state index in [1.54, 1.807) is 19.2 Å². The average Bonchev–Trinajstić information content (AvgIpc) is 2.72. The molecule has 0 saturated carbocycles. The molecule has 1 fully saturated rings. The van der Waals surface area contributed by atoms with Gasteiger partial charge in [0.25, 0.3) is 0 Å². The summed E-state index contributed by atoms with van der Waals surface area (Å²) in [7, 11) is 1.67. The minimum Gasteiger partial charge on any atom is -0.496 e. The van der Waals surface area contributed by atoms with Gasteiger partial charge >= 0.3 is 0 Å². The molecule has 0 unspecified atom stereocenters. The van der Waals surface area contributed by atoms with E-state index in [0.717, 1.165) is 43.1 Å². The molecule has 1 N–H and O–H groups in total. The summed E-state index contributed by atoms with van der Waals surface area (Å²) in [5.74, 6) is 0.767. The van der Waals surface area contributed by atoms with Crippen LogP contribution >= 0.6 is 0 Å². The highest BCUT2D eigenvalue weighted by Gasteiger charge is 2.20. The summed E-state index contributed by atoms with van der Waals surface area (Å²) in [6.45, 7) is 3.96. The van der Waals surface area contributed by atoms with E-state index in [1.165, 1.54) is 12.1 Å². The molecule has 0 aliphatic carbocycles. The molecule has 0 atom stereocenters. The molecule has 1 aliphatic heterocycles. The van der Waals surface area contributed by atoms with Crippen molar-refractivity contribution in [3.05, 3.63) is 59.9 Å². The Morgan fingerprint density at radius 3 is 2.48 bits per heavy atom. The number of carbonyl (C=O) groups excluding carboxylic acids is 1. The first-order chi connectivity index (χ1) is 13.2. The zero-order valence-corrected chi connectivity index (χ0v) is 15.7. The molecule has 144 valence electrons. The monoisotopic (exact) mass is 371 g/mol. The highest BCUT2D eigenvalue weighted by atomic mass is 19.1. The average molecular weight is 371 g/mol. The number of methoxy groups -OCH3 is 1. The van der Waals surface area contributed by atoms with Gasteiger partial charge in [-0.15, -0.1) is 0 Å². The lowest BCUT2D eigenvalue weighted by Crippen LogP contribution is -2.51. The highest BCUT2D eigenvalue weighted by molar-refractivity contribution is 5.78. The van der Waals surface area contributed by atoms with E-state index in [1.807, 2.05) is 29.2 Å². The summed E-state index contributed by atoms with van der Waals surface area (Å²) in [6, 6.07) is 14.4. The number of anilines is 1. The lowest BCUT2D eigenvalue weighted by Gasteiger charge is -2.36. The number of nitrogens with one attached hydrogen (secondary N) is 1. The topological polar surface area (TPSA) is 44.8 Å². The zero-order chi connectivity index (χ0) is 19.1. The van der Waals surface area contributed by atoms with Crippen LogP contribution in [0.25, 0.3) is 0 Å². The Kier molecular flexibility index (Phi) is 6.65. The SMILES string of the molecule is COc1ccccc1CCNCC(=O)N1CCN(c2ccc(F)cc2)CC1. The first-order valence-corrected chi connectivity index (χ1v) is 9.28. The van der Waals surface area contributed by atoms with E-state index in [0.29, 0.717) is 19.6 Å². The van der Waals surface area contributed by atoms with Crippen LogP contribution in [0.4, 0.5) is 10.1 Å². The second-order valence-corrected chi connectivity index (χ2v) is 6.58. The number of hydrogen-bond acceptors (Lipinski definition) is 4. The lowest BCUT2D eigenvalue weighted by molar-refractivity contribution is -0.130. The van der Waals surface area contributed by atoms with Gasteiger partial charge in [-0.3, -0.25) is 4.79 Å². The van der Waals surface area contributed by atoms with E-state index in [9.17, 15) is 9.18 Å². The van der Waals surface area contributed by atoms with Crippen LogP contribution in [0.3, 0.4) is 0 Å². The van der Waals surface area contributed by atoms with E-state index in [-0.39, 0.29) is 11.7 Å². The quantitative estimate of drug-likeness (QED) is 0.759. The maximum absolute atomic E-state index is 13.0. The number of piperazine rings is 1. The molecular formula is C21H26FN3O2. The molecule has 2 aromatic rings. The third kappa shape index (κ3) is 5.20. The van der Waals surface area contributed by atoms with Gasteiger partial charge in [-0.2, -0.15) is 0 Å². The van der Waals surface area contributed by atoms with Gasteiger partial charge in [0.2, 0.25) is 5.91 Å². The van der Waals surface area contributed by atoms with E-state index in [4.69, 9.17) is 4.74 Å². The zero-order valence-electron chi connectivity index (χ0n) is 15.7. The number of benzene rings is 2. The summed E-state index contributed by atoms with van der Waals surface area (Å²) in [5, 5.41) is 3.23. The Morgan fingerprint density at radius 1 is 1.07 bits per heavy atom. The maximum atomic E-state index is 13.0. The van der Waals surface area contributed by atoms with Crippen molar-refractivity contribution >= 4 is 11.6 Å². The fourth-order valence-corrected chi connectivity index (χ4v) is 3.31. The molecule has 1 saturated heterocycles. The molecule has 1 amide bonds. The smallest absolute Gasteiger partial charge is 0.236 e. The minimum absolute atomic E-state index is 0.119. The van der Waals surface area contributed by atoms with Crippen LogP contribution in [0.2, 0.25) is 0 Å². The van der Waals surface area contributed by atoms with Gasteiger partial charge in [0.1, 0.15) is 11.6 Å². The first kappa shape index (κ1) is 19.2. The molecule has 1 aliphatic rings. The van der Waals surface area contributed by atoms with Gasteiger partial charge in [0, 0.05) is 31.9 Å². The van der Waals surface area contributed by atoms with Crippen molar-refractivity contribution in [3.8, 4) is 5.75 Å². The molecule has 2 aromatic carbocycles. The predicted molar refractivity (Wildman–Crippen MR) is 105 cm³/mol. The number of carbonyl (C=O) groups is 1. The van der Waals surface area contributed by atoms with Crippen LogP contribution in [0.1, 0.15) is 5.56 Å². The van der Waals surface area contributed by atoms with Crippen LogP contribution < -0.4 is 15.0 Å². The molecule has 0 aromatic heterocycles. The highest BCUT2D eigenvalue weighted by Crippen LogP contribution is 2.18. The fourth-order valence-electron chi connectivity index (χ4n) is 3.31. The van der Waals surface area contributed by atoms with Crippen LogP contribution in [0.15, 0.2) is 48.5 Å². The van der Waals surface area contributed by atoms with Crippen molar-refractivity contribution in [1.82, 2.24) is 10.2 Å². The summed E-state index contributed by atoms with van der Waals surface area (Å²) in [6.07, 6.45) is 0.815. The first-order valence-electron chi connectivity index (χ1n) is 9.28. The van der Waals surface area contributed by atoms with Crippen molar-refractivity contribution < 1.29 is 13.9 Å². The van der Waals surface area contributed by atoms with E-state index < -0.39 is 0 Å². The number of para-hydroxylation sites is 1. The molecule has 3 rings (SSSR count). The third-order valence-electron chi connectivity index (χ3n) is 4.86. The number of amides is 1. The number of halogens is 1. The van der Waals surface area contributed by atoms with Gasteiger partial charge < -0.3 is 19.9 Å². The Hall–Kier alpha value is -2.60. The molecular weight excluding hydrogens is 345 g/mol. The number of ether oxygens (including phenoxy) is 1. The Morgan fingerprint density at radius 2 is 1.78 bits per heavy atom. The maximum Gasteiger partial charge on any atom is 0.236 e. The number of hydrogen-bond donors (Lipinski definition) is 1. The van der Waals surface area contributed by atoms with Gasteiger partial charge in [0.05, 0.1) is 13.7 Å². The molecule has 1 heterocycles. The van der Waals surface area contributed by atoms with Crippen LogP contribution in [-0.2, 0) is 11.2 Å². The normalized spacial score (nSPS) is 14.3. The van der Waals surface area contributed by atoms with Gasteiger partial charge in [-0.25, -0.2) is 4.39 Å². The van der Waals surface area contributed by atoms with Crippen molar-refractivity contribution in [3.63, 3.8) is 0 Å². The third-order valence-corrected chi connectivity index (χ3v) is 4.86. The second-order valence-electron chi connectivity index (χ2n) is 6.58. The van der Waals surface area contributed by atoms with Crippen LogP contribution in [0, 0.1) is 5.82 Å². The van der Waals surface area contributed by atoms with Crippen molar-refractivity contribution in [2.24, 2.45) is 0 Å². The van der Waals surface area contributed by atoms with Crippen molar-refractivity contribution in [1.29, 1.82) is 0 Å².